The maximum Gasteiger partial charge on any atom is 0.326 e. The average molecular weight is 244 g/mol. The fraction of sp³-hybridized carbons (Fsp3) is 0.700. The van der Waals surface area contributed by atoms with Gasteiger partial charge in [0, 0.05) is 12.8 Å². The van der Waals surface area contributed by atoms with Crippen LogP contribution in [0.1, 0.15) is 32.1 Å². The molecule has 3 N–H and O–H groups in total. The van der Waals surface area contributed by atoms with Crippen LogP contribution in [0.15, 0.2) is 0 Å². The van der Waals surface area contributed by atoms with Gasteiger partial charge in [-0.15, -0.1) is 0 Å². The molecule has 0 saturated carbocycles. The number of carbonyl (C=O) groups is 2. The lowest BCUT2D eigenvalue weighted by Crippen LogP contribution is -2.43. The molecule has 0 unspecified atom stereocenters. The van der Waals surface area contributed by atoms with E-state index in [9.17, 15) is 9.59 Å². The number of thiocarbonyl (C=S) groups is 1. The van der Waals surface area contributed by atoms with Crippen LogP contribution in [0.3, 0.4) is 0 Å². The van der Waals surface area contributed by atoms with Crippen molar-refractivity contribution in [2.75, 3.05) is 6.54 Å². The summed E-state index contributed by atoms with van der Waals surface area (Å²) in [4.78, 5) is 24.3. The second-order valence-electron chi connectivity index (χ2n) is 3.80. The van der Waals surface area contributed by atoms with Crippen LogP contribution in [0, 0.1) is 0 Å². The van der Waals surface area contributed by atoms with Crippen molar-refractivity contribution in [3.8, 4) is 0 Å². The molecular weight excluding hydrogens is 228 g/mol. The van der Waals surface area contributed by atoms with Crippen molar-refractivity contribution >= 4 is 29.1 Å². The predicted molar refractivity (Wildman–Crippen MR) is 63.0 cm³/mol. The van der Waals surface area contributed by atoms with Gasteiger partial charge in [-0.2, -0.15) is 0 Å². The maximum absolute atomic E-state index is 11.5. The lowest BCUT2D eigenvalue weighted by Gasteiger charge is -2.24. The number of amides is 1. The van der Waals surface area contributed by atoms with Crippen LogP contribution in [-0.4, -0.2) is 39.5 Å². The summed E-state index contributed by atoms with van der Waals surface area (Å²) in [5.41, 5.74) is 5.35. The number of unbranched alkanes of at least 4 members (excludes halogenated alkanes) is 1. The smallest absolute Gasteiger partial charge is 0.326 e. The monoisotopic (exact) mass is 244 g/mol. The highest BCUT2D eigenvalue weighted by atomic mass is 32.1. The fourth-order valence-electron chi connectivity index (χ4n) is 1.79. The first kappa shape index (κ1) is 13.1. The van der Waals surface area contributed by atoms with Gasteiger partial charge < -0.3 is 10.8 Å². The standard InChI is InChI=1S/C10H16N2O3S/c11-6-2-1-3-7(10(14)15)12-8(13)4-5-9(12)16/h7H,1-6,11H2,(H,14,15)/t7-/m0/s1. The highest BCUT2D eigenvalue weighted by molar-refractivity contribution is 7.80. The number of hydrogen-bond acceptors (Lipinski definition) is 4. The minimum absolute atomic E-state index is 0.176. The quantitative estimate of drug-likeness (QED) is 0.525. The zero-order valence-corrected chi connectivity index (χ0v) is 9.83. The van der Waals surface area contributed by atoms with Crippen molar-refractivity contribution in [3.05, 3.63) is 0 Å². The zero-order valence-electron chi connectivity index (χ0n) is 9.02. The van der Waals surface area contributed by atoms with E-state index < -0.39 is 12.0 Å². The molecule has 0 bridgehead atoms. The lowest BCUT2D eigenvalue weighted by atomic mass is 10.1. The lowest BCUT2D eigenvalue weighted by molar-refractivity contribution is -0.146. The molecule has 0 aromatic heterocycles. The Labute approximate surface area is 99.6 Å². The molecule has 1 atom stereocenters. The summed E-state index contributed by atoms with van der Waals surface area (Å²) in [5, 5.41) is 9.08. The summed E-state index contributed by atoms with van der Waals surface area (Å²) in [5.74, 6) is -1.17. The Morgan fingerprint density at radius 3 is 2.62 bits per heavy atom. The van der Waals surface area contributed by atoms with Gasteiger partial charge in [0.05, 0.1) is 4.99 Å². The van der Waals surface area contributed by atoms with Gasteiger partial charge in [0.1, 0.15) is 6.04 Å². The summed E-state index contributed by atoms with van der Waals surface area (Å²) in [6.45, 7) is 0.532. The number of carbonyl (C=O) groups excluding carboxylic acids is 1. The molecule has 0 aliphatic carbocycles. The number of nitrogens with two attached hydrogens (primary N) is 1. The molecule has 1 saturated heterocycles. The maximum atomic E-state index is 11.5. The molecule has 0 aromatic rings. The molecule has 6 heteroatoms. The third kappa shape index (κ3) is 2.99. The molecule has 1 aliphatic heterocycles. The SMILES string of the molecule is NCCCC[C@@H](C(=O)O)N1C(=O)CCC1=S. The normalized spacial score (nSPS) is 17.9. The average Bonchev–Trinajstić information content (AvgIpc) is 2.54. The van der Waals surface area contributed by atoms with Gasteiger partial charge in [0.25, 0.3) is 0 Å². The Morgan fingerprint density at radius 2 is 2.19 bits per heavy atom. The zero-order chi connectivity index (χ0) is 12.1. The van der Waals surface area contributed by atoms with E-state index in [2.05, 4.69) is 0 Å². The van der Waals surface area contributed by atoms with E-state index in [0.717, 1.165) is 6.42 Å². The van der Waals surface area contributed by atoms with Gasteiger partial charge in [-0.1, -0.05) is 12.2 Å². The Bertz CT molecular complexity index is 290. The summed E-state index contributed by atoms with van der Waals surface area (Å²) in [7, 11) is 0. The number of carboxylic acid groups (broad SMARTS) is 1. The highest BCUT2D eigenvalue weighted by Crippen LogP contribution is 2.20. The van der Waals surface area contributed by atoms with E-state index in [4.69, 9.17) is 23.1 Å². The predicted octanol–water partition coefficient (Wildman–Crippen LogP) is 0.518. The minimum Gasteiger partial charge on any atom is -0.480 e. The number of aliphatic carboxylic acids is 1. The molecule has 5 nitrogen and oxygen atoms in total. The molecule has 0 aromatic carbocycles. The molecule has 0 spiro atoms. The van der Waals surface area contributed by atoms with Crippen LogP contribution < -0.4 is 5.73 Å². The minimum atomic E-state index is -0.991. The summed E-state index contributed by atoms with van der Waals surface area (Å²) in [6, 6.07) is -0.811. The van der Waals surface area contributed by atoms with Crippen LogP contribution in [0.4, 0.5) is 0 Å². The van der Waals surface area contributed by atoms with Gasteiger partial charge in [0.2, 0.25) is 5.91 Å². The van der Waals surface area contributed by atoms with Gasteiger partial charge >= 0.3 is 5.97 Å². The van der Waals surface area contributed by atoms with Gasteiger partial charge in [-0.05, 0) is 25.8 Å². The Morgan fingerprint density at radius 1 is 1.50 bits per heavy atom. The molecule has 1 rings (SSSR count). The molecule has 1 heterocycles. The van der Waals surface area contributed by atoms with Crippen molar-refractivity contribution < 1.29 is 14.7 Å². The molecular formula is C10H16N2O3S. The molecule has 1 aliphatic rings. The molecule has 1 fully saturated rings. The molecule has 16 heavy (non-hydrogen) atoms. The molecule has 90 valence electrons. The van der Waals surface area contributed by atoms with Crippen LogP contribution >= 0.6 is 12.2 Å². The first-order valence-corrected chi connectivity index (χ1v) is 5.76. The van der Waals surface area contributed by atoms with Gasteiger partial charge in [-0.3, -0.25) is 9.69 Å². The molecule has 0 radical (unpaired) electrons. The van der Waals surface area contributed by atoms with Crippen LogP contribution in [0.2, 0.25) is 0 Å². The second kappa shape index (κ2) is 5.91. The van der Waals surface area contributed by atoms with Crippen LogP contribution in [0.25, 0.3) is 0 Å². The van der Waals surface area contributed by atoms with Crippen molar-refractivity contribution in [2.45, 2.75) is 38.1 Å². The number of hydrogen-bond donors (Lipinski definition) is 2. The fourth-order valence-corrected chi connectivity index (χ4v) is 2.12. The van der Waals surface area contributed by atoms with E-state index in [0.29, 0.717) is 37.2 Å². The Hall–Kier alpha value is -1.01. The number of likely N-dealkylation sites (tertiary alicyclic amines) is 1. The van der Waals surface area contributed by atoms with Crippen LogP contribution in [0.5, 0.6) is 0 Å². The second-order valence-corrected chi connectivity index (χ2v) is 4.27. The summed E-state index contributed by atoms with van der Waals surface area (Å²) < 4.78 is 0. The largest absolute Gasteiger partial charge is 0.480 e. The van der Waals surface area contributed by atoms with E-state index in [1.165, 1.54) is 4.90 Å². The van der Waals surface area contributed by atoms with Crippen molar-refractivity contribution in [1.82, 2.24) is 4.90 Å². The first-order valence-electron chi connectivity index (χ1n) is 5.35. The van der Waals surface area contributed by atoms with E-state index in [1.807, 2.05) is 0 Å². The third-order valence-corrected chi connectivity index (χ3v) is 3.02. The highest BCUT2D eigenvalue weighted by Gasteiger charge is 2.35. The first-order chi connectivity index (χ1) is 7.57. The van der Waals surface area contributed by atoms with Gasteiger partial charge in [0.15, 0.2) is 0 Å². The van der Waals surface area contributed by atoms with E-state index >= 15 is 0 Å². The third-order valence-electron chi connectivity index (χ3n) is 2.62. The summed E-state index contributed by atoms with van der Waals surface area (Å²) >= 11 is 5.01. The van der Waals surface area contributed by atoms with Crippen molar-refractivity contribution in [2.24, 2.45) is 5.73 Å². The van der Waals surface area contributed by atoms with Gasteiger partial charge in [-0.25, -0.2) is 4.79 Å². The Kier molecular flexibility index (Phi) is 4.82. The van der Waals surface area contributed by atoms with E-state index in [1.54, 1.807) is 0 Å². The summed E-state index contributed by atoms with van der Waals surface area (Å²) in [6.07, 6.45) is 2.70. The van der Waals surface area contributed by atoms with Crippen molar-refractivity contribution in [3.63, 3.8) is 0 Å². The van der Waals surface area contributed by atoms with E-state index in [-0.39, 0.29) is 5.91 Å². The van der Waals surface area contributed by atoms with Crippen molar-refractivity contribution in [1.29, 1.82) is 0 Å². The number of carboxylic acids is 1. The number of nitrogens with zero attached hydrogens (tertiary/aromatic N) is 1. The molecule has 1 amide bonds. The Balaban J connectivity index is 2.65. The van der Waals surface area contributed by atoms with Crippen LogP contribution in [-0.2, 0) is 9.59 Å². The number of rotatable bonds is 6. The topological polar surface area (TPSA) is 83.6 Å².